The van der Waals surface area contributed by atoms with E-state index in [-0.39, 0.29) is 17.0 Å². The monoisotopic (exact) mass is 243 g/mol. The number of thioether (sulfide) groups is 2. The van der Waals surface area contributed by atoms with Crippen LogP contribution in [0.3, 0.4) is 0 Å². The Morgan fingerprint density at radius 2 is 1.93 bits per heavy atom. The summed E-state index contributed by atoms with van der Waals surface area (Å²) < 4.78 is 12.1. The second-order valence-electron chi connectivity index (χ2n) is 2.80. The number of benzene rings is 1. The van der Waals surface area contributed by atoms with E-state index >= 15 is 0 Å². The Morgan fingerprint density at radius 1 is 1.27 bits per heavy atom. The molecule has 0 saturated carbocycles. The zero-order chi connectivity index (χ0) is 10.8. The molecule has 0 spiro atoms. The lowest BCUT2D eigenvalue weighted by Gasteiger charge is -2.03. The quantitative estimate of drug-likeness (QED) is 0.865. The standard InChI is InChI=1S/C9H6FNO2S2/c10-5-1-3-6(4-2-5)14-8-7(12)11-9(13)15-8/h1-4,8H,(H,11,12,13). The minimum atomic E-state index is -0.469. The summed E-state index contributed by atoms with van der Waals surface area (Å²) in [7, 11) is 0. The van der Waals surface area contributed by atoms with Crippen molar-refractivity contribution in [2.24, 2.45) is 0 Å². The van der Waals surface area contributed by atoms with E-state index < -0.39 is 4.58 Å². The van der Waals surface area contributed by atoms with Gasteiger partial charge in [0.25, 0.3) is 11.1 Å². The summed E-state index contributed by atoms with van der Waals surface area (Å²) in [5.41, 5.74) is 0. The van der Waals surface area contributed by atoms with E-state index in [4.69, 9.17) is 0 Å². The first kappa shape index (κ1) is 10.5. The molecular weight excluding hydrogens is 237 g/mol. The highest BCUT2D eigenvalue weighted by Crippen LogP contribution is 2.34. The van der Waals surface area contributed by atoms with Crippen molar-refractivity contribution in [3.63, 3.8) is 0 Å². The molecule has 0 aromatic heterocycles. The van der Waals surface area contributed by atoms with Gasteiger partial charge in [0.2, 0.25) is 0 Å². The molecule has 1 heterocycles. The molecule has 1 aliphatic rings. The van der Waals surface area contributed by atoms with Crippen molar-refractivity contribution in [1.29, 1.82) is 0 Å². The molecule has 1 saturated heterocycles. The fourth-order valence-electron chi connectivity index (χ4n) is 1.05. The van der Waals surface area contributed by atoms with Crippen LogP contribution < -0.4 is 5.32 Å². The molecule has 3 nitrogen and oxygen atoms in total. The number of nitrogens with one attached hydrogen (secondary N) is 1. The van der Waals surface area contributed by atoms with E-state index in [2.05, 4.69) is 5.32 Å². The number of halogens is 1. The summed E-state index contributed by atoms with van der Waals surface area (Å²) in [6.45, 7) is 0. The molecular formula is C9H6FNO2S2. The number of hydrogen-bond acceptors (Lipinski definition) is 4. The third-order valence-corrected chi connectivity index (χ3v) is 4.00. The van der Waals surface area contributed by atoms with Gasteiger partial charge in [-0.2, -0.15) is 0 Å². The van der Waals surface area contributed by atoms with Crippen LogP contribution in [0.15, 0.2) is 29.2 Å². The van der Waals surface area contributed by atoms with Crippen molar-refractivity contribution in [1.82, 2.24) is 5.32 Å². The first-order chi connectivity index (χ1) is 7.15. The van der Waals surface area contributed by atoms with Crippen molar-refractivity contribution < 1.29 is 14.0 Å². The Kier molecular flexibility index (Phi) is 2.97. The Bertz CT molecular complexity index is 407. The highest BCUT2D eigenvalue weighted by molar-refractivity contribution is 8.26. The highest BCUT2D eigenvalue weighted by Gasteiger charge is 2.32. The van der Waals surface area contributed by atoms with Gasteiger partial charge in [-0.25, -0.2) is 4.39 Å². The van der Waals surface area contributed by atoms with Gasteiger partial charge in [0.1, 0.15) is 10.4 Å². The van der Waals surface area contributed by atoms with Gasteiger partial charge in [-0.15, -0.1) is 11.8 Å². The topological polar surface area (TPSA) is 46.2 Å². The summed E-state index contributed by atoms with van der Waals surface area (Å²) in [5.74, 6) is -0.627. The Morgan fingerprint density at radius 3 is 2.47 bits per heavy atom. The maximum Gasteiger partial charge on any atom is 0.287 e. The number of imide groups is 1. The van der Waals surface area contributed by atoms with Crippen molar-refractivity contribution >= 4 is 34.7 Å². The second kappa shape index (κ2) is 4.24. The van der Waals surface area contributed by atoms with Crippen LogP contribution in [0.1, 0.15) is 0 Å². The lowest BCUT2D eigenvalue weighted by Crippen LogP contribution is -2.22. The number of carbonyl (C=O) groups is 2. The van der Waals surface area contributed by atoms with E-state index in [0.29, 0.717) is 0 Å². The van der Waals surface area contributed by atoms with Crippen LogP contribution in [-0.4, -0.2) is 15.7 Å². The van der Waals surface area contributed by atoms with Gasteiger partial charge in [-0.1, -0.05) is 0 Å². The number of amides is 2. The molecule has 1 aromatic rings. The van der Waals surface area contributed by atoms with Crippen molar-refractivity contribution in [3.05, 3.63) is 30.1 Å². The maximum absolute atomic E-state index is 12.6. The fourth-order valence-corrected chi connectivity index (χ4v) is 3.07. The van der Waals surface area contributed by atoms with E-state index in [1.807, 2.05) is 0 Å². The lowest BCUT2D eigenvalue weighted by molar-refractivity contribution is -0.117. The first-order valence-electron chi connectivity index (χ1n) is 4.09. The van der Waals surface area contributed by atoms with Crippen molar-refractivity contribution in [2.75, 3.05) is 0 Å². The van der Waals surface area contributed by atoms with Gasteiger partial charge >= 0.3 is 0 Å². The van der Waals surface area contributed by atoms with Crippen LogP contribution in [0, 0.1) is 5.82 Å². The van der Waals surface area contributed by atoms with Gasteiger partial charge in [0.15, 0.2) is 0 Å². The smallest absolute Gasteiger partial charge is 0.285 e. The predicted octanol–water partition coefficient (Wildman–Crippen LogP) is 2.23. The molecule has 15 heavy (non-hydrogen) atoms. The normalized spacial score (nSPS) is 20.5. The maximum atomic E-state index is 12.6. The number of carbonyl (C=O) groups excluding carboxylic acids is 2. The van der Waals surface area contributed by atoms with Crippen LogP contribution in [0.25, 0.3) is 0 Å². The SMILES string of the molecule is O=C1NC(=O)C(Sc2ccc(F)cc2)S1. The van der Waals surface area contributed by atoms with E-state index in [1.54, 1.807) is 12.1 Å². The molecule has 1 unspecified atom stereocenters. The highest BCUT2D eigenvalue weighted by atomic mass is 32.2. The Balaban J connectivity index is 2.06. The molecule has 2 amide bonds. The Hall–Kier alpha value is -1.01. The molecule has 6 heteroatoms. The van der Waals surface area contributed by atoms with Gasteiger partial charge in [0.05, 0.1) is 0 Å². The average Bonchev–Trinajstić information content (AvgIpc) is 2.49. The van der Waals surface area contributed by atoms with Gasteiger partial charge < -0.3 is 0 Å². The molecule has 1 fully saturated rings. The molecule has 0 radical (unpaired) electrons. The van der Waals surface area contributed by atoms with Gasteiger partial charge in [-0.05, 0) is 36.0 Å². The van der Waals surface area contributed by atoms with Gasteiger partial charge in [0, 0.05) is 4.90 Å². The summed E-state index contributed by atoms with van der Waals surface area (Å²) in [6.07, 6.45) is 0. The van der Waals surface area contributed by atoms with Crippen molar-refractivity contribution in [2.45, 2.75) is 9.48 Å². The summed E-state index contributed by atoms with van der Waals surface area (Å²) in [6, 6.07) is 5.80. The molecule has 1 aliphatic heterocycles. The fraction of sp³-hybridized carbons (Fsp3) is 0.111. The number of hydrogen-bond donors (Lipinski definition) is 1. The summed E-state index contributed by atoms with van der Waals surface area (Å²) in [5, 5.41) is 1.85. The molecule has 1 N–H and O–H groups in total. The largest absolute Gasteiger partial charge is 0.287 e. The zero-order valence-electron chi connectivity index (χ0n) is 7.40. The first-order valence-corrected chi connectivity index (χ1v) is 5.85. The Labute approximate surface area is 93.8 Å². The second-order valence-corrected chi connectivity index (χ2v) is 5.35. The van der Waals surface area contributed by atoms with Crippen LogP contribution >= 0.6 is 23.5 Å². The molecule has 78 valence electrons. The minimum Gasteiger partial charge on any atom is -0.285 e. The van der Waals surface area contributed by atoms with E-state index in [9.17, 15) is 14.0 Å². The third kappa shape index (κ3) is 2.51. The number of rotatable bonds is 2. The van der Waals surface area contributed by atoms with Crippen LogP contribution in [0.5, 0.6) is 0 Å². The molecule has 0 aliphatic carbocycles. The summed E-state index contributed by atoms with van der Waals surface area (Å²) >= 11 is 2.18. The van der Waals surface area contributed by atoms with E-state index in [1.165, 1.54) is 23.9 Å². The van der Waals surface area contributed by atoms with Crippen LogP contribution in [-0.2, 0) is 4.79 Å². The molecule has 2 rings (SSSR count). The van der Waals surface area contributed by atoms with Crippen molar-refractivity contribution in [3.8, 4) is 0 Å². The molecule has 0 bridgehead atoms. The van der Waals surface area contributed by atoms with Crippen LogP contribution in [0.4, 0.5) is 9.18 Å². The molecule has 1 aromatic carbocycles. The summed E-state index contributed by atoms with van der Waals surface area (Å²) in [4.78, 5) is 22.8. The van der Waals surface area contributed by atoms with E-state index in [0.717, 1.165) is 16.7 Å². The van der Waals surface area contributed by atoms with Gasteiger partial charge in [-0.3, -0.25) is 14.9 Å². The minimum absolute atomic E-state index is 0.306. The third-order valence-electron chi connectivity index (χ3n) is 1.71. The zero-order valence-corrected chi connectivity index (χ0v) is 9.03. The molecule has 1 atom stereocenters. The predicted molar refractivity (Wildman–Crippen MR) is 57.2 cm³/mol. The lowest BCUT2D eigenvalue weighted by atomic mass is 10.4. The average molecular weight is 243 g/mol. The van der Waals surface area contributed by atoms with Crippen LogP contribution in [0.2, 0.25) is 0 Å².